The van der Waals surface area contributed by atoms with Gasteiger partial charge in [-0.3, -0.25) is 0 Å². The zero-order valence-corrected chi connectivity index (χ0v) is 15.7. The van der Waals surface area contributed by atoms with Crippen LogP contribution >= 0.6 is 0 Å². The molecule has 22 heavy (non-hydrogen) atoms. The number of nitrogens with two attached hydrogens (primary N) is 1. The number of quaternary nitrogens is 1. The van der Waals surface area contributed by atoms with Crippen LogP contribution < -0.4 is 23.0 Å². The van der Waals surface area contributed by atoms with Crippen LogP contribution in [0.1, 0.15) is 63.9 Å². The third kappa shape index (κ3) is 17.5. The van der Waals surface area contributed by atoms with E-state index in [-0.39, 0.29) is 12.4 Å². The Morgan fingerprint density at radius 1 is 0.818 bits per heavy atom. The molecule has 0 radical (unpaired) electrons. The van der Waals surface area contributed by atoms with Crippen molar-refractivity contribution in [3.05, 3.63) is 35.9 Å². The lowest BCUT2D eigenvalue weighted by molar-refractivity contribution is -0.872. The van der Waals surface area contributed by atoms with Crippen molar-refractivity contribution in [1.82, 2.24) is 0 Å². The van der Waals surface area contributed by atoms with Crippen molar-refractivity contribution in [3.8, 4) is 0 Å². The monoisotopic (exact) mass is 328 g/mol. The van der Waals surface area contributed by atoms with E-state index in [2.05, 4.69) is 51.4 Å². The molecule has 130 valence electrons. The van der Waals surface area contributed by atoms with Crippen molar-refractivity contribution in [1.29, 1.82) is 0 Å². The Kier molecular flexibility index (Phi) is 19.9. The molecule has 0 unspecified atom stereocenters. The third-order valence-electron chi connectivity index (χ3n) is 3.46. The molecule has 0 heterocycles. The molecule has 3 heteroatoms. The summed E-state index contributed by atoms with van der Waals surface area (Å²) < 4.78 is 0. The van der Waals surface area contributed by atoms with Crippen molar-refractivity contribution in [2.75, 3.05) is 20.6 Å². The van der Waals surface area contributed by atoms with Gasteiger partial charge in [-0.2, -0.15) is 0 Å². The molecule has 1 aromatic rings. The minimum Gasteiger partial charge on any atom is -1.00 e. The van der Waals surface area contributed by atoms with Crippen LogP contribution in [-0.2, 0) is 6.54 Å². The first kappa shape index (κ1) is 23.7. The van der Waals surface area contributed by atoms with Crippen molar-refractivity contribution in [3.63, 3.8) is 0 Å². The molecular weight excluding hydrogens is 292 g/mol. The lowest BCUT2D eigenvalue weighted by Crippen LogP contribution is -3.04. The highest BCUT2D eigenvalue weighted by atomic mass is 35.5. The number of benzene rings is 1. The zero-order valence-electron chi connectivity index (χ0n) is 14.9. The van der Waals surface area contributed by atoms with Gasteiger partial charge in [0, 0.05) is 5.56 Å². The molecule has 3 N–H and O–H groups in total. The normalized spacial score (nSPS) is 9.86. The Morgan fingerprint density at radius 2 is 1.32 bits per heavy atom. The standard InChI is InChI=1S/C10H23N.C9H13N.ClH/c1-2-3-4-5-6-7-8-9-10-11;1-10(2)8-9-6-4-3-5-7-9;/h2-11H2,1H3;3-7H,8H2,1-2H3;1H. The largest absolute Gasteiger partial charge is 1.00 e. The molecule has 0 aliphatic carbocycles. The molecule has 0 saturated carbocycles. The van der Waals surface area contributed by atoms with Crippen LogP contribution in [0.2, 0.25) is 0 Å². The van der Waals surface area contributed by atoms with Gasteiger partial charge >= 0.3 is 0 Å². The first-order valence-electron chi connectivity index (χ1n) is 8.73. The highest BCUT2D eigenvalue weighted by Gasteiger charge is 1.93. The summed E-state index contributed by atoms with van der Waals surface area (Å²) in [6, 6.07) is 10.5. The smallest absolute Gasteiger partial charge is 0.102 e. The lowest BCUT2D eigenvalue weighted by atomic mass is 10.1. The van der Waals surface area contributed by atoms with E-state index >= 15 is 0 Å². The van der Waals surface area contributed by atoms with Crippen LogP contribution in [0, 0.1) is 0 Å². The summed E-state index contributed by atoms with van der Waals surface area (Å²) in [4.78, 5) is 1.46. The summed E-state index contributed by atoms with van der Waals surface area (Å²) in [6.45, 7) is 4.24. The van der Waals surface area contributed by atoms with Gasteiger partial charge < -0.3 is 23.0 Å². The molecule has 0 aromatic heterocycles. The van der Waals surface area contributed by atoms with E-state index < -0.39 is 0 Å². The maximum Gasteiger partial charge on any atom is 0.102 e. The Morgan fingerprint density at radius 3 is 1.77 bits per heavy atom. The predicted octanol–water partition coefficient (Wildman–Crippen LogP) is 0.421. The van der Waals surface area contributed by atoms with Gasteiger partial charge in [0.1, 0.15) is 6.54 Å². The molecule has 0 aliphatic rings. The highest BCUT2D eigenvalue weighted by Crippen LogP contribution is 2.07. The maximum absolute atomic E-state index is 5.39. The summed E-state index contributed by atoms with van der Waals surface area (Å²) in [6.07, 6.45) is 11.0. The molecule has 1 aromatic carbocycles. The van der Waals surface area contributed by atoms with Crippen molar-refractivity contribution < 1.29 is 17.3 Å². The summed E-state index contributed by atoms with van der Waals surface area (Å²) in [5.41, 5.74) is 6.80. The van der Waals surface area contributed by atoms with Crippen LogP contribution in [0.3, 0.4) is 0 Å². The van der Waals surface area contributed by atoms with Crippen LogP contribution in [0.15, 0.2) is 30.3 Å². The second kappa shape index (κ2) is 18.5. The molecule has 0 amide bonds. The summed E-state index contributed by atoms with van der Waals surface area (Å²) in [7, 11) is 4.32. The topological polar surface area (TPSA) is 30.5 Å². The van der Waals surface area contributed by atoms with E-state index in [1.165, 1.54) is 61.8 Å². The molecule has 0 aliphatic heterocycles. The molecule has 0 bridgehead atoms. The molecule has 0 atom stereocenters. The minimum atomic E-state index is 0. The third-order valence-corrected chi connectivity index (χ3v) is 3.46. The average Bonchev–Trinajstić information content (AvgIpc) is 2.47. The number of halogens is 1. The number of hydrogen-bond donors (Lipinski definition) is 2. The van der Waals surface area contributed by atoms with Gasteiger partial charge in [0.05, 0.1) is 14.1 Å². The molecule has 0 spiro atoms. The van der Waals surface area contributed by atoms with Crippen LogP contribution in [0.25, 0.3) is 0 Å². The van der Waals surface area contributed by atoms with Gasteiger partial charge in [-0.15, -0.1) is 0 Å². The Hall–Kier alpha value is -0.570. The van der Waals surface area contributed by atoms with E-state index in [1.54, 1.807) is 0 Å². The zero-order chi connectivity index (χ0) is 15.8. The van der Waals surface area contributed by atoms with Gasteiger partial charge in [-0.05, 0) is 13.0 Å². The molecule has 0 saturated heterocycles. The van der Waals surface area contributed by atoms with Crippen LogP contribution in [0.5, 0.6) is 0 Å². The van der Waals surface area contributed by atoms with Gasteiger partial charge in [-0.25, -0.2) is 0 Å². The minimum absolute atomic E-state index is 0. The fourth-order valence-electron chi connectivity index (χ4n) is 2.28. The summed E-state index contributed by atoms with van der Waals surface area (Å²) >= 11 is 0. The number of nitrogens with one attached hydrogen (secondary N) is 1. The first-order chi connectivity index (χ1) is 10.2. The van der Waals surface area contributed by atoms with E-state index in [4.69, 9.17) is 5.73 Å². The van der Waals surface area contributed by atoms with Crippen LogP contribution in [-0.4, -0.2) is 20.6 Å². The Labute approximate surface area is 144 Å². The fourth-order valence-corrected chi connectivity index (χ4v) is 2.28. The van der Waals surface area contributed by atoms with Crippen molar-refractivity contribution in [2.24, 2.45) is 5.73 Å². The highest BCUT2D eigenvalue weighted by molar-refractivity contribution is 5.12. The average molecular weight is 329 g/mol. The number of hydrogen-bond acceptors (Lipinski definition) is 1. The quantitative estimate of drug-likeness (QED) is 0.599. The predicted molar refractivity (Wildman–Crippen MR) is 94.6 cm³/mol. The van der Waals surface area contributed by atoms with Gasteiger partial charge in [0.15, 0.2) is 0 Å². The second-order valence-corrected chi connectivity index (χ2v) is 6.13. The summed E-state index contributed by atoms with van der Waals surface area (Å²) in [5, 5.41) is 0. The van der Waals surface area contributed by atoms with E-state index in [0.717, 1.165) is 13.1 Å². The van der Waals surface area contributed by atoms with Gasteiger partial charge in [0.2, 0.25) is 0 Å². The fraction of sp³-hybridized carbons (Fsp3) is 0.684. The maximum atomic E-state index is 5.39. The summed E-state index contributed by atoms with van der Waals surface area (Å²) in [5.74, 6) is 0. The van der Waals surface area contributed by atoms with Crippen LogP contribution in [0.4, 0.5) is 0 Å². The van der Waals surface area contributed by atoms with Crippen molar-refractivity contribution in [2.45, 2.75) is 64.8 Å². The Balaban J connectivity index is 0. The second-order valence-electron chi connectivity index (χ2n) is 6.13. The molecule has 0 fully saturated rings. The molecule has 2 nitrogen and oxygen atoms in total. The number of rotatable bonds is 10. The lowest BCUT2D eigenvalue weighted by Gasteiger charge is -2.05. The number of unbranched alkanes of at least 4 members (excludes halogenated alkanes) is 7. The first-order valence-corrected chi connectivity index (χ1v) is 8.73. The van der Waals surface area contributed by atoms with E-state index in [1.807, 2.05) is 0 Å². The molecular formula is C19H37ClN2. The SMILES string of the molecule is CCCCCCCCCCN.C[NH+](C)Cc1ccccc1.[Cl-]. The Bertz CT molecular complexity index is 294. The van der Waals surface area contributed by atoms with Gasteiger partial charge in [-0.1, -0.05) is 82.2 Å². The van der Waals surface area contributed by atoms with Crippen molar-refractivity contribution >= 4 is 0 Å². The molecule has 1 rings (SSSR count). The van der Waals surface area contributed by atoms with E-state index in [0.29, 0.717) is 0 Å². The van der Waals surface area contributed by atoms with Gasteiger partial charge in [0.25, 0.3) is 0 Å². The van der Waals surface area contributed by atoms with E-state index in [9.17, 15) is 0 Å².